The molecule has 19 heavy (non-hydrogen) atoms. The van der Waals surface area contributed by atoms with E-state index in [1.807, 2.05) is 13.0 Å². The molecule has 2 aromatic heterocycles. The van der Waals surface area contributed by atoms with Gasteiger partial charge in [-0.15, -0.1) is 0 Å². The Morgan fingerprint density at radius 2 is 2.26 bits per heavy atom. The molecule has 0 spiro atoms. The van der Waals surface area contributed by atoms with Crippen molar-refractivity contribution in [1.82, 2.24) is 15.0 Å². The minimum atomic E-state index is 0.483. The predicted octanol–water partition coefficient (Wildman–Crippen LogP) is 2.23. The van der Waals surface area contributed by atoms with Crippen LogP contribution in [0.25, 0.3) is 0 Å². The van der Waals surface area contributed by atoms with E-state index >= 15 is 0 Å². The van der Waals surface area contributed by atoms with Gasteiger partial charge in [0.1, 0.15) is 5.82 Å². The molecule has 100 valence electrons. The molecule has 0 aromatic carbocycles. The van der Waals surface area contributed by atoms with Crippen LogP contribution in [0.3, 0.4) is 0 Å². The molecule has 7 heteroatoms. The lowest BCUT2D eigenvalue weighted by Gasteiger charge is -2.08. The van der Waals surface area contributed by atoms with Gasteiger partial charge < -0.3 is 15.8 Å². The number of nitrogen functional groups attached to an aromatic ring is 1. The highest BCUT2D eigenvalue weighted by atomic mass is 79.9. The first-order valence-electron chi connectivity index (χ1n) is 5.78. The zero-order valence-electron chi connectivity index (χ0n) is 10.4. The molecule has 0 saturated carbocycles. The molecule has 0 radical (unpaired) electrons. The number of hydrogen-bond acceptors (Lipinski definition) is 6. The third-order valence-electron chi connectivity index (χ3n) is 2.33. The Morgan fingerprint density at radius 1 is 1.42 bits per heavy atom. The van der Waals surface area contributed by atoms with Crippen LogP contribution in [-0.2, 0) is 6.54 Å². The number of anilines is 2. The molecule has 0 atom stereocenters. The van der Waals surface area contributed by atoms with Crippen LogP contribution in [0.15, 0.2) is 29.0 Å². The zero-order valence-corrected chi connectivity index (χ0v) is 12.0. The Hall–Kier alpha value is -1.89. The van der Waals surface area contributed by atoms with Crippen LogP contribution in [0, 0.1) is 0 Å². The van der Waals surface area contributed by atoms with E-state index in [0.717, 1.165) is 10.0 Å². The van der Waals surface area contributed by atoms with Crippen molar-refractivity contribution in [2.24, 2.45) is 0 Å². The number of nitrogens with one attached hydrogen (secondary N) is 1. The van der Waals surface area contributed by atoms with Gasteiger partial charge in [0.05, 0.1) is 6.61 Å². The highest BCUT2D eigenvalue weighted by Crippen LogP contribution is 2.17. The molecule has 0 aliphatic carbocycles. The molecule has 0 aliphatic heterocycles. The number of nitrogens with zero attached hydrogens (tertiary/aromatic N) is 3. The summed E-state index contributed by atoms with van der Waals surface area (Å²) in [7, 11) is 0. The minimum absolute atomic E-state index is 0.483. The van der Waals surface area contributed by atoms with Gasteiger partial charge in [0.15, 0.2) is 0 Å². The number of hydrogen-bond donors (Lipinski definition) is 2. The maximum Gasteiger partial charge on any atom is 0.226 e. The normalized spacial score (nSPS) is 10.2. The second kappa shape index (κ2) is 6.33. The fraction of sp³-hybridized carbons (Fsp3) is 0.250. The zero-order chi connectivity index (χ0) is 13.7. The monoisotopic (exact) mass is 323 g/mol. The first-order valence-corrected chi connectivity index (χ1v) is 6.58. The minimum Gasteiger partial charge on any atom is -0.478 e. The van der Waals surface area contributed by atoms with Gasteiger partial charge in [0, 0.05) is 35.0 Å². The summed E-state index contributed by atoms with van der Waals surface area (Å²) >= 11 is 3.36. The number of ether oxygens (including phenoxy) is 1. The van der Waals surface area contributed by atoms with E-state index in [4.69, 9.17) is 10.5 Å². The lowest BCUT2D eigenvalue weighted by molar-refractivity contribution is 0.326. The van der Waals surface area contributed by atoms with Crippen molar-refractivity contribution >= 4 is 27.7 Å². The summed E-state index contributed by atoms with van der Waals surface area (Å²) in [6.07, 6.45) is 3.30. The van der Waals surface area contributed by atoms with Crippen LogP contribution in [-0.4, -0.2) is 21.6 Å². The third-order valence-corrected chi connectivity index (χ3v) is 2.76. The van der Waals surface area contributed by atoms with E-state index in [-0.39, 0.29) is 0 Å². The first-order chi connectivity index (χ1) is 9.19. The maximum atomic E-state index is 5.79. The molecule has 2 rings (SSSR count). The summed E-state index contributed by atoms with van der Waals surface area (Å²) in [6, 6.07) is 3.62. The van der Waals surface area contributed by atoms with Gasteiger partial charge >= 0.3 is 0 Å². The molecular weight excluding hydrogens is 310 g/mol. The Balaban J connectivity index is 2.05. The molecular formula is C12H14BrN5O. The van der Waals surface area contributed by atoms with Crippen LogP contribution < -0.4 is 15.8 Å². The smallest absolute Gasteiger partial charge is 0.226 e. The van der Waals surface area contributed by atoms with E-state index in [2.05, 4.69) is 36.2 Å². The molecule has 6 nitrogen and oxygen atoms in total. The van der Waals surface area contributed by atoms with Crippen molar-refractivity contribution in [1.29, 1.82) is 0 Å². The van der Waals surface area contributed by atoms with Crippen LogP contribution in [0.5, 0.6) is 5.88 Å². The third kappa shape index (κ3) is 3.78. The van der Waals surface area contributed by atoms with Gasteiger partial charge in [-0.25, -0.2) is 9.97 Å². The summed E-state index contributed by atoms with van der Waals surface area (Å²) in [6.45, 7) is 2.97. The summed E-state index contributed by atoms with van der Waals surface area (Å²) in [4.78, 5) is 12.4. The average Bonchev–Trinajstić information content (AvgIpc) is 2.41. The van der Waals surface area contributed by atoms with E-state index in [1.165, 1.54) is 0 Å². The SMILES string of the molecule is CCOc1ccnc(NCc2cc(Br)cnc2N)n1. The molecule has 0 aliphatic rings. The van der Waals surface area contributed by atoms with Gasteiger partial charge in [-0.3, -0.25) is 0 Å². The van der Waals surface area contributed by atoms with Gasteiger partial charge in [0.2, 0.25) is 11.8 Å². The summed E-state index contributed by atoms with van der Waals surface area (Å²) in [5, 5.41) is 3.08. The summed E-state index contributed by atoms with van der Waals surface area (Å²) in [5.74, 6) is 1.52. The van der Waals surface area contributed by atoms with Gasteiger partial charge in [-0.05, 0) is 28.9 Å². The Kier molecular flexibility index (Phi) is 4.51. The highest BCUT2D eigenvalue weighted by molar-refractivity contribution is 9.10. The van der Waals surface area contributed by atoms with Crippen molar-refractivity contribution in [2.45, 2.75) is 13.5 Å². The number of nitrogens with two attached hydrogens (primary N) is 1. The van der Waals surface area contributed by atoms with Crippen LogP contribution in [0.2, 0.25) is 0 Å². The van der Waals surface area contributed by atoms with Crippen molar-refractivity contribution < 1.29 is 4.74 Å². The molecule has 2 heterocycles. The number of aromatic nitrogens is 3. The fourth-order valence-corrected chi connectivity index (χ4v) is 1.84. The van der Waals surface area contributed by atoms with Crippen molar-refractivity contribution in [3.8, 4) is 5.88 Å². The lowest BCUT2D eigenvalue weighted by Crippen LogP contribution is -2.07. The quantitative estimate of drug-likeness (QED) is 0.877. The summed E-state index contributed by atoms with van der Waals surface area (Å²) in [5.41, 5.74) is 6.67. The van der Waals surface area contributed by atoms with Crippen molar-refractivity contribution in [3.63, 3.8) is 0 Å². The summed E-state index contributed by atoms with van der Waals surface area (Å²) < 4.78 is 6.18. The second-order valence-electron chi connectivity index (χ2n) is 3.70. The molecule has 0 bridgehead atoms. The number of rotatable bonds is 5. The number of halogens is 1. The van der Waals surface area contributed by atoms with Crippen molar-refractivity contribution in [3.05, 3.63) is 34.6 Å². The number of pyridine rings is 1. The largest absolute Gasteiger partial charge is 0.478 e. The standard InChI is InChI=1S/C12H14BrN5O/c1-2-19-10-3-4-15-12(18-10)17-6-8-5-9(13)7-16-11(8)14/h3-5,7H,2,6H2,1H3,(H2,14,16)(H,15,17,18). The van der Waals surface area contributed by atoms with Gasteiger partial charge in [0.25, 0.3) is 0 Å². The van der Waals surface area contributed by atoms with Crippen molar-refractivity contribution in [2.75, 3.05) is 17.7 Å². The maximum absolute atomic E-state index is 5.79. The van der Waals surface area contributed by atoms with Gasteiger partial charge in [-0.1, -0.05) is 0 Å². The molecule has 0 saturated heterocycles. The topological polar surface area (TPSA) is 86.0 Å². The van der Waals surface area contributed by atoms with E-state index < -0.39 is 0 Å². The average molecular weight is 324 g/mol. The van der Waals surface area contributed by atoms with Crippen LogP contribution >= 0.6 is 15.9 Å². The van der Waals surface area contributed by atoms with E-state index in [0.29, 0.717) is 30.8 Å². The Morgan fingerprint density at radius 3 is 3.05 bits per heavy atom. The molecule has 0 unspecified atom stereocenters. The molecule has 0 amide bonds. The van der Waals surface area contributed by atoms with E-state index in [1.54, 1.807) is 18.5 Å². The second-order valence-corrected chi connectivity index (χ2v) is 4.62. The fourth-order valence-electron chi connectivity index (χ4n) is 1.46. The Labute approximate surface area is 119 Å². The highest BCUT2D eigenvalue weighted by Gasteiger charge is 2.04. The first kappa shape index (κ1) is 13.5. The van der Waals surface area contributed by atoms with Crippen LogP contribution in [0.1, 0.15) is 12.5 Å². The molecule has 3 N–H and O–H groups in total. The van der Waals surface area contributed by atoms with Gasteiger partial charge in [-0.2, -0.15) is 4.98 Å². The molecule has 0 fully saturated rings. The lowest BCUT2D eigenvalue weighted by atomic mass is 10.2. The molecule has 2 aromatic rings. The predicted molar refractivity (Wildman–Crippen MR) is 76.9 cm³/mol. The van der Waals surface area contributed by atoms with E-state index in [9.17, 15) is 0 Å². The van der Waals surface area contributed by atoms with Crippen LogP contribution in [0.4, 0.5) is 11.8 Å². The Bertz CT molecular complexity index is 564.